The summed E-state index contributed by atoms with van der Waals surface area (Å²) in [5.74, 6) is 1.32. The molecule has 0 aliphatic heterocycles. The predicted molar refractivity (Wildman–Crippen MR) is 76.8 cm³/mol. The van der Waals surface area contributed by atoms with Crippen LogP contribution in [0.15, 0.2) is 54.9 Å². The van der Waals surface area contributed by atoms with Crippen LogP contribution < -0.4 is 4.74 Å². The number of benzene rings is 1. The van der Waals surface area contributed by atoms with Crippen molar-refractivity contribution in [2.45, 2.75) is 0 Å². The van der Waals surface area contributed by atoms with Gasteiger partial charge in [0.15, 0.2) is 0 Å². The summed E-state index contributed by atoms with van der Waals surface area (Å²) in [4.78, 5) is 4.58. The minimum absolute atomic E-state index is 0.494. The Morgan fingerprint density at radius 1 is 1.11 bits per heavy atom. The van der Waals surface area contributed by atoms with Crippen LogP contribution in [0.3, 0.4) is 0 Å². The fourth-order valence-corrected chi connectivity index (χ4v) is 2.03. The van der Waals surface area contributed by atoms with E-state index in [-0.39, 0.29) is 0 Å². The first-order valence-corrected chi connectivity index (χ1v) is 6.63. The number of pyridine rings is 1. The lowest BCUT2D eigenvalue weighted by Gasteiger charge is -2.04. The summed E-state index contributed by atoms with van der Waals surface area (Å²) in [5.41, 5.74) is 2.97. The van der Waals surface area contributed by atoms with Crippen molar-refractivity contribution in [3.63, 3.8) is 0 Å². The Bertz CT molecular complexity index is 643. The van der Waals surface area contributed by atoms with E-state index in [0.717, 1.165) is 22.7 Å². The second-order valence-corrected chi connectivity index (χ2v) is 4.53. The minimum atomic E-state index is 0.494. The Morgan fingerprint density at radius 3 is 2.68 bits per heavy atom. The van der Waals surface area contributed by atoms with Gasteiger partial charge in [0.05, 0.1) is 11.6 Å². The van der Waals surface area contributed by atoms with Crippen molar-refractivity contribution in [2.75, 3.05) is 12.5 Å². The third-order valence-electron chi connectivity index (χ3n) is 2.86. The second kappa shape index (κ2) is 5.33. The molecule has 4 heteroatoms. The molecule has 2 heterocycles. The molecule has 0 saturated heterocycles. The molecule has 0 fully saturated rings. The van der Waals surface area contributed by atoms with Gasteiger partial charge in [-0.15, -0.1) is 11.6 Å². The number of alkyl halides is 1. The Morgan fingerprint density at radius 2 is 1.95 bits per heavy atom. The molecule has 19 heavy (non-hydrogen) atoms. The van der Waals surface area contributed by atoms with Gasteiger partial charge in [-0.2, -0.15) is 0 Å². The fourth-order valence-electron chi connectivity index (χ4n) is 1.95. The maximum atomic E-state index is 5.59. The number of aromatic nitrogens is 2. The highest BCUT2D eigenvalue weighted by Gasteiger charge is 2.04. The first kappa shape index (κ1) is 12.1. The summed E-state index contributed by atoms with van der Waals surface area (Å²) in [6.07, 6.45) is 4.01. The van der Waals surface area contributed by atoms with E-state index in [2.05, 4.69) is 4.98 Å². The normalized spacial score (nSPS) is 10.8. The number of hydrogen-bond donors (Lipinski definition) is 0. The van der Waals surface area contributed by atoms with Crippen molar-refractivity contribution in [2.24, 2.45) is 0 Å². The number of ether oxygens (including phenoxy) is 1. The molecule has 0 bridgehead atoms. The van der Waals surface area contributed by atoms with Crippen molar-refractivity contribution in [3.8, 4) is 17.0 Å². The summed E-state index contributed by atoms with van der Waals surface area (Å²) in [6, 6.07) is 13.8. The molecule has 0 atom stereocenters. The lowest BCUT2D eigenvalue weighted by molar-refractivity contribution is 0.343. The molecule has 0 radical (unpaired) electrons. The standard InChI is InChI=1S/C15H13ClN2O/c16-8-10-19-13-6-4-12(5-7-13)14-11-18-9-2-1-3-15(18)17-14/h1-7,9,11H,8,10H2. The number of imidazole rings is 1. The van der Waals surface area contributed by atoms with E-state index in [1.807, 2.05) is 59.3 Å². The number of rotatable bonds is 4. The highest BCUT2D eigenvalue weighted by molar-refractivity contribution is 6.18. The molecule has 3 aromatic rings. The largest absolute Gasteiger partial charge is 0.492 e. The number of halogens is 1. The summed E-state index contributed by atoms with van der Waals surface area (Å²) in [7, 11) is 0. The molecule has 0 spiro atoms. The highest BCUT2D eigenvalue weighted by Crippen LogP contribution is 2.22. The van der Waals surface area contributed by atoms with Gasteiger partial charge in [0.1, 0.15) is 18.0 Å². The molecule has 0 aliphatic rings. The van der Waals surface area contributed by atoms with Gasteiger partial charge in [-0.3, -0.25) is 0 Å². The zero-order valence-electron chi connectivity index (χ0n) is 10.3. The van der Waals surface area contributed by atoms with Crippen LogP contribution in [0.25, 0.3) is 16.9 Å². The van der Waals surface area contributed by atoms with Crippen LogP contribution in [-0.2, 0) is 0 Å². The molecule has 0 unspecified atom stereocenters. The lowest BCUT2D eigenvalue weighted by Crippen LogP contribution is -1.97. The second-order valence-electron chi connectivity index (χ2n) is 4.15. The number of fused-ring (bicyclic) bond motifs is 1. The van der Waals surface area contributed by atoms with E-state index in [4.69, 9.17) is 16.3 Å². The average Bonchev–Trinajstić information content (AvgIpc) is 2.89. The highest BCUT2D eigenvalue weighted by atomic mass is 35.5. The molecule has 96 valence electrons. The van der Waals surface area contributed by atoms with Crippen LogP contribution in [-0.4, -0.2) is 21.9 Å². The van der Waals surface area contributed by atoms with Gasteiger partial charge < -0.3 is 9.14 Å². The molecule has 3 nitrogen and oxygen atoms in total. The molecular weight excluding hydrogens is 260 g/mol. The summed E-state index contributed by atoms with van der Waals surface area (Å²) < 4.78 is 7.45. The summed E-state index contributed by atoms with van der Waals surface area (Å²) in [5, 5.41) is 0. The van der Waals surface area contributed by atoms with Gasteiger partial charge in [0.25, 0.3) is 0 Å². The third-order valence-corrected chi connectivity index (χ3v) is 3.01. The molecule has 1 aromatic carbocycles. The summed E-state index contributed by atoms with van der Waals surface area (Å²) >= 11 is 5.59. The number of hydrogen-bond acceptors (Lipinski definition) is 2. The maximum absolute atomic E-state index is 5.59. The monoisotopic (exact) mass is 272 g/mol. The van der Waals surface area contributed by atoms with Crippen LogP contribution in [0.5, 0.6) is 5.75 Å². The van der Waals surface area contributed by atoms with Gasteiger partial charge in [0, 0.05) is 18.0 Å². The predicted octanol–water partition coefficient (Wildman–Crippen LogP) is 3.62. The van der Waals surface area contributed by atoms with Crippen LogP contribution in [0.1, 0.15) is 0 Å². The van der Waals surface area contributed by atoms with Crippen molar-refractivity contribution < 1.29 is 4.74 Å². The molecule has 3 rings (SSSR count). The molecule has 0 aliphatic carbocycles. The van der Waals surface area contributed by atoms with Gasteiger partial charge in [-0.1, -0.05) is 6.07 Å². The zero-order chi connectivity index (χ0) is 13.1. The first-order chi connectivity index (χ1) is 9.36. The van der Waals surface area contributed by atoms with Crippen molar-refractivity contribution in [1.29, 1.82) is 0 Å². The van der Waals surface area contributed by atoms with Gasteiger partial charge in [-0.25, -0.2) is 4.98 Å². The SMILES string of the molecule is ClCCOc1ccc(-c2cn3ccccc3n2)cc1. The Hall–Kier alpha value is -2.00. The van der Waals surface area contributed by atoms with E-state index < -0.39 is 0 Å². The van der Waals surface area contributed by atoms with E-state index in [0.29, 0.717) is 12.5 Å². The van der Waals surface area contributed by atoms with Crippen molar-refractivity contribution in [1.82, 2.24) is 9.38 Å². The lowest BCUT2D eigenvalue weighted by atomic mass is 10.2. The molecule has 0 saturated carbocycles. The van der Waals surface area contributed by atoms with Crippen LogP contribution >= 0.6 is 11.6 Å². The van der Waals surface area contributed by atoms with Gasteiger partial charge in [-0.05, 0) is 36.4 Å². The first-order valence-electron chi connectivity index (χ1n) is 6.10. The minimum Gasteiger partial charge on any atom is -0.492 e. The number of nitrogens with zero attached hydrogens (tertiary/aromatic N) is 2. The van der Waals surface area contributed by atoms with E-state index >= 15 is 0 Å². The Labute approximate surface area is 116 Å². The van der Waals surface area contributed by atoms with Crippen LogP contribution in [0.2, 0.25) is 0 Å². The maximum Gasteiger partial charge on any atom is 0.137 e. The fraction of sp³-hybridized carbons (Fsp3) is 0.133. The topological polar surface area (TPSA) is 26.5 Å². The Balaban J connectivity index is 1.88. The third kappa shape index (κ3) is 2.56. The Kier molecular flexibility index (Phi) is 3.38. The average molecular weight is 273 g/mol. The quantitative estimate of drug-likeness (QED) is 0.678. The van der Waals surface area contributed by atoms with Crippen molar-refractivity contribution in [3.05, 3.63) is 54.9 Å². The summed E-state index contributed by atoms with van der Waals surface area (Å²) in [6.45, 7) is 0.523. The van der Waals surface area contributed by atoms with Crippen LogP contribution in [0, 0.1) is 0 Å². The zero-order valence-corrected chi connectivity index (χ0v) is 11.0. The molecule has 0 amide bonds. The van der Waals surface area contributed by atoms with Crippen molar-refractivity contribution >= 4 is 17.2 Å². The van der Waals surface area contributed by atoms with E-state index in [1.165, 1.54) is 0 Å². The van der Waals surface area contributed by atoms with Gasteiger partial charge in [0.2, 0.25) is 0 Å². The van der Waals surface area contributed by atoms with Gasteiger partial charge >= 0.3 is 0 Å². The van der Waals surface area contributed by atoms with E-state index in [1.54, 1.807) is 0 Å². The smallest absolute Gasteiger partial charge is 0.137 e. The van der Waals surface area contributed by atoms with Crippen LogP contribution in [0.4, 0.5) is 0 Å². The molecular formula is C15H13ClN2O. The molecule has 0 N–H and O–H groups in total. The van der Waals surface area contributed by atoms with E-state index in [9.17, 15) is 0 Å². The molecule has 2 aromatic heterocycles.